The molecule has 1 aliphatic heterocycles. The summed E-state index contributed by atoms with van der Waals surface area (Å²) in [5.41, 5.74) is 1.52. The maximum Gasteiger partial charge on any atom is 0.0339 e. The molecule has 1 saturated carbocycles. The largest absolute Gasteiger partial charge is 0.315 e. The standard InChI is InChI=1S/C15H20ClNS/c16-13-6-5-11(7-13)9-17-10-14-8-12-3-1-2-4-15(12)18-14/h1-4,11,13-14,17H,5-10H2. The molecule has 1 aromatic rings. The zero-order chi connectivity index (χ0) is 12.4. The van der Waals surface area contributed by atoms with Gasteiger partial charge in [0.05, 0.1) is 0 Å². The Morgan fingerprint density at radius 1 is 1.22 bits per heavy atom. The number of thioether (sulfide) groups is 1. The molecule has 1 N–H and O–H groups in total. The van der Waals surface area contributed by atoms with Gasteiger partial charge in [-0.3, -0.25) is 0 Å². The first-order valence-corrected chi connectivity index (χ1v) is 8.22. The summed E-state index contributed by atoms with van der Waals surface area (Å²) in [6.45, 7) is 2.28. The number of halogens is 1. The number of fused-ring (bicyclic) bond motifs is 1. The van der Waals surface area contributed by atoms with E-state index < -0.39 is 0 Å². The van der Waals surface area contributed by atoms with Crippen LogP contribution in [0, 0.1) is 5.92 Å². The second-order valence-electron chi connectivity index (χ2n) is 5.49. The van der Waals surface area contributed by atoms with Crippen LogP contribution in [0.5, 0.6) is 0 Å². The van der Waals surface area contributed by atoms with Gasteiger partial charge in [0.25, 0.3) is 0 Å². The van der Waals surface area contributed by atoms with E-state index in [4.69, 9.17) is 11.6 Å². The van der Waals surface area contributed by atoms with Crippen LogP contribution in [0.25, 0.3) is 0 Å². The lowest BCUT2D eigenvalue weighted by Crippen LogP contribution is -2.28. The molecule has 1 fully saturated rings. The van der Waals surface area contributed by atoms with Gasteiger partial charge < -0.3 is 5.32 Å². The molecule has 3 rings (SSSR count). The van der Waals surface area contributed by atoms with Gasteiger partial charge in [0, 0.05) is 22.1 Å². The Labute approximate surface area is 119 Å². The zero-order valence-electron chi connectivity index (χ0n) is 10.6. The maximum atomic E-state index is 6.14. The van der Waals surface area contributed by atoms with Crippen molar-refractivity contribution in [2.45, 2.75) is 41.2 Å². The van der Waals surface area contributed by atoms with Crippen LogP contribution in [0.15, 0.2) is 29.2 Å². The van der Waals surface area contributed by atoms with Crippen molar-refractivity contribution in [3.8, 4) is 0 Å². The Morgan fingerprint density at radius 3 is 2.89 bits per heavy atom. The second-order valence-corrected chi connectivity index (χ2v) is 7.45. The lowest BCUT2D eigenvalue weighted by Gasteiger charge is -2.13. The topological polar surface area (TPSA) is 12.0 Å². The molecule has 3 unspecified atom stereocenters. The lowest BCUT2D eigenvalue weighted by atomic mass is 10.1. The minimum Gasteiger partial charge on any atom is -0.315 e. The predicted molar refractivity (Wildman–Crippen MR) is 79.6 cm³/mol. The van der Waals surface area contributed by atoms with Crippen molar-refractivity contribution in [3.05, 3.63) is 29.8 Å². The summed E-state index contributed by atoms with van der Waals surface area (Å²) in [6, 6.07) is 8.79. The molecule has 0 amide bonds. The summed E-state index contributed by atoms with van der Waals surface area (Å²) in [4.78, 5) is 1.48. The second kappa shape index (κ2) is 5.85. The van der Waals surface area contributed by atoms with E-state index in [1.165, 1.54) is 36.1 Å². The summed E-state index contributed by atoms with van der Waals surface area (Å²) in [5, 5.41) is 4.80. The first-order chi connectivity index (χ1) is 8.81. The highest BCUT2D eigenvalue weighted by atomic mass is 35.5. The molecule has 3 atom stereocenters. The molecule has 0 radical (unpaired) electrons. The molecule has 1 nitrogen and oxygen atoms in total. The van der Waals surface area contributed by atoms with Crippen molar-refractivity contribution in [1.29, 1.82) is 0 Å². The van der Waals surface area contributed by atoms with E-state index in [1.807, 2.05) is 11.8 Å². The predicted octanol–water partition coefficient (Wildman–Crippen LogP) is 3.70. The fraction of sp³-hybridized carbons (Fsp3) is 0.600. The van der Waals surface area contributed by atoms with Crippen molar-refractivity contribution >= 4 is 23.4 Å². The molecule has 1 aromatic carbocycles. The Hall–Kier alpha value is -0.180. The van der Waals surface area contributed by atoms with Crippen LogP contribution >= 0.6 is 23.4 Å². The third-order valence-corrected chi connectivity index (χ3v) is 5.71. The first-order valence-electron chi connectivity index (χ1n) is 6.90. The molecule has 0 saturated heterocycles. The van der Waals surface area contributed by atoms with Crippen LogP contribution in [0.3, 0.4) is 0 Å². The van der Waals surface area contributed by atoms with Crippen LogP contribution in [0.1, 0.15) is 24.8 Å². The number of alkyl halides is 1. The molecule has 3 heteroatoms. The first kappa shape index (κ1) is 12.8. The van der Waals surface area contributed by atoms with Gasteiger partial charge in [-0.15, -0.1) is 23.4 Å². The highest BCUT2D eigenvalue weighted by Crippen LogP contribution is 2.36. The Bertz CT molecular complexity index is 384. The SMILES string of the molecule is ClC1CCC(CNCC2Cc3ccccc3S2)C1. The Morgan fingerprint density at radius 2 is 2.11 bits per heavy atom. The van der Waals surface area contributed by atoms with Crippen LogP contribution in [0.2, 0.25) is 0 Å². The summed E-state index contributed by atoms with van der Waals surface area (Å²) in [6.07, 6.45) is 4.93. The Kier molecular flexibility index (Phi) is 4.17. The lowest BCUT2D eigenvalue weighted by molar-refractivity contribution is 0.489. The maximum absolute atomic E-state index is 6.14. The molecule has 0 bridgehead atoms. The van der Waals surface area contributed by atoms with E-state index in [1.54, 1.807) is 0 Å². The van der Waals surface area contributed by atoms with E-state index >= 15 is 0 Å². The number of nitrogens with one attached hydrogen (secondary N) is 1. The van der Waals surface area contributed by atoms with Gasteiger partial charge in [-0.2, -0.15) is 0 Å². The Balaban J connectivity index is 1.41. The van der Waals surface area contributed by atoms with E-state index in [2.05, 4.69) is 29.6 Å². The molecule has 2 aliphatic rings. The highest BCUT2D eigenvalue weighted by Gasteiger charge is 2.24. The normalized spacial score (nSPS) is 30.6. The molecule has 1 aliphatic carbocycles. The average Bonchev–Trinajstić information content (AvgIpc) is 2.95. The van der Waals surface area contributed by atoms with Crippen molar-refractivity contribution in [3.63, 3.8) is 0 Å². The van der Waals surface area contributed by atoms with Gasteiger partial charge in [-0.25, -0.2) is 0 Å². The number of rotatable bonds is 4. The van der Waals surface area contributed by atoms with Crippen LogP contribution in [0.4, 0.5) is 0 Å². The van der Waals surface area contributed by atoms with E-state index in [0.29, 0.717) is 5.38 Å². The van der Waals surface area contributed by atoms with Gasteiger partial charge in [0.1, 0.15) is 0 Å². The van der Waals surface area contributed by atoms with Crippen LogP contribution < -0.4 is 5.32 Å². The molecule has 1 heterocycles. The van der Waals surface area contributed by atoms with E-state index in [0.717, 1.165) is 24.3 Å². The number of hydrogen-bond acceptors (Lipinski definition) is 2. The minimum atomic E-state index is 0.432. The van der Waals surface area contributed by atoms with Gasteiger partial charge in [-0.1, -0.05) is 18.2 Å². The van der Waals surface area contributed by atoms with E-state index in [-0.39, 0.29) is 0 Å². The van der Waals surface area contributed by atoms with E-state index in [9.17, 15) is 0 Å². The summed E-state index contributed by atoms with van der Waals surface area (Å²) < 4.78 is 0. The van der Waals surface area contributed by atoms with Gasteiger partial charge >= 0.3 is 0 Å². The minimum absolute atomic E-state index is 0.432. The molecular weight excluding hydrogens is 262 g/mol. The average molecular weight is 282 g/mol. The summed E-state index contributed by atoms with van der Waals surface area (Å²) >= 11 is 8.17. The zero-order valence-corrected chi connectivity index (χ0v) is 12.1. The van der Waals surface area contributed by atoms with Crippen LogP contribution in [-0.2, 0) is 6.42 Å². The number of hydrogen-bond donors (Lipinski definition) is 1. The molecule has 18 heavy (non-hydrogen) atoms. The highest BCUT2D eigenvalue weighted by molar-refractivity contribution is 8.00. The molecule has 98 valence electrons. The van der Waals surface area contributed by atoms with Crippen molar-refractivity contribution < 1.29 is 0 Å². The smallest absolute Gasteiger partial charge is 0.0339 e. The van der Waals surface area contributed by atoms with Gasteiger partial charge in [0.2, 0.25) is 0 Å². The van der Waals surface area contributed by atoms with Crippen molar-refractivity contribution in [2.24, 2.45) is 5.92 Å². The third kappa shape index (κ3) is 3.04. The monoisotopic (exact) mass is 281 g/mol. The fourth-order valence-electron chi connectivity index (χ4n) is 3.02. The molecule has 0 spiro atoms. The van der Waals surface area contributed by atoms with Crippen molar-refractivity contribution in [1.82, 2.24) is 5.32 Å². The fourth-order valence-corrected chi connectivity index (χ4v) is 4.68. The number of benzene rings is 1. The summed E-state index contributed by atoms with van der Waals surface area (Å²) in [7, 11) is 0. The molecule has 0 aromatic heterocycles. The quantitative estimate of drug-likeness (QED) is 0.845. The molecular formula is C15H20ClNS. The van der Waals surface area contributed by atoms with Gasteiger partial charge in [0.15, 0.2) is 0 Å². The van der Waals surface area contributed by atoms with Crippen molar-refractivity contribution in [2.75, 3.05) is 13.1 Å². The third-order valence-electron chi connectivity index (χ3n) is 4.00. The van der Waals surface area contributed by atoms with Gasteiger partial charge in [-0.05, 0) is 49.8 Å². The van der Waals surface area contributed by atoms with Crippen LogP contribution in [-0.4, -0.2) is 23.7 Å². The summed E-state index contributed by atoms with van der Waals surface area (Å²) in [5.74, 6) is 0.807.